The molecule has 12 rings (SSSR count). The molecule has 1 aliphatic carbocycles. The topological polar surface area (TPSA) is 16.4 Å². The Hall–Kier alpha value is -7.20. The maximum atomic E-state index is 6.43. The third kappa shape index (κ3) is 5.47. The lowest BCUT2D eigenvalue weighted by Crippen LogP contribution is -2.14. The van der Waals surface area contributed by atoms with Gasteiger partial charge >= 0.3 is 0 Å². The van der Waals surface area contributed by atoms with Crippen LogP contribution in [0.4, 0.5) is 17.1 Å². The maximum absolute atomic E-state index is 6.43. The Morgan fingerprint density at radius 1 is 0.383 bits per heavy atom. The Labute approximate surface area is 353 Å². The van der Waals surface area contributed by atoms with E-state index in [0.717, 1.165) is 50.1 Å². The fourth-order valence-electron chi connectivity index (χ4n) is 9.62. The first kappa shape index (κ1) is 34.8. The van der Waals surface area contributed by atoms with Crippen molar-refractivity contribution in [2.24, 2.45) is 0 Å². The summed E-state index contributed by atoms with van der Waals surface area (Å²) in [6, 6.07) is 73.1. The number of hydrogen-bond donors (Lipinski definition) is 0. The molecular weight excluding hydrogens is 747 g/mol. The number of rotatable bonds is 6. The van der Waals surface area contributed by atoms with Gasteiger partial charge in [-0.3, -0.25) is 0 Å². The lowest BCUT2D eigenvalue weighted by Gasteiger charge is -2.26. The number of nitrogens with zero attached hydrogens (tertiary/aromatic N) is 1. The molecule has 2 aromatic heterocycles. The van der Waals surface area contributed by atoms with Crippen LogP contribution in [0.1, 0.15) is 25.0 Å². The number of benzene rings is 9. The van der Waals surface area contributed by atoms with Gasteiger partial charge in [-0.25, -0.2) is 0 Å². The van der Waals surface area contributed by atoms with Crippen molar-refractivity contribution in [2.75, 3.05) is 4.90 Å². The zero-order valence-corrected chi connectivity index (χ0v) is 34.1. The van der Waals surface area contributed by atoms with Crippen molar-refractivity contribution < 1.29 is 4.42 Å². The first-order valence-corrected chi connectivity index (χ1v) is 21.5. The maximum Gasteiger partial charge on any atom is 0.143 e. The summed E-state index contributed by atoms with van der Waals surface area (Å²) in [7, 11) is 0. The lowest BCUT2D eigenvalue weighted by atomic mass is 9.82. The normalized spacial score (nSPS) is 13.0. The summed E-state index contributed by atoms with van der Waals surface area (Å²) in [6.07, 6.45) is 0. The molecule has 0 unspecified atom stereocenters. The molecule has 0 spiro atoms. The van der Waals surface area contributed by atoms with Crippen LogP contribution in [0.15, 0.2) is 205 Å². The number of anilines is 3. The molecule has 0 aliphatic heterocycles. The van der Waals surface area contributed by atoms with E-state index in [1.165, 1.54) is 64.7 Å². The molecule has 0 saturated carbocycles. The fraction of sp³-hybridized carbons (Fsp3) is 0.0526. The van der Waals surface area contributed by atoms with Gasteiger partial charge in [0.05, 0.1) is 0 Å². The molecule has 2 heterocycles. The highest BCUT2D eigenvalue weighted by Gasteiger charge is 2.35. The molecular formula is C57H39NOS. The summed E-state index contributed by atoms with van der Waals surface area (Å²) in [4.78, 5) is 2.36. The van der Waals surface area contributed by atoms with Crippen molar-refractivity contribution in [1.29, 1.82) is 0 Å². The van der Waals surface area contributed by atoms with Gasteiger partial charge in [0.25, 0.3) is 0 Å². The predicted molar refractivity (Wildman–Crippen MR) is 255 cm³/mol. The van der Waals surface area contributed by atoms with Gasteiger partial charge in [0, 0.05) is 59.0 Å². The van der Waals surface area contributed by atoms with Crippen molar-refractivity contribution in [3.63, 3.8) is 0 Å². The van der Waals surface area contributed by atoms with Crippen LogP contribution in [-0.2, 0) is 5.41 Å². The van der Waals surface area contributed by atoms with Crippen molar-refractivity contribution in [3.05, 3.63) is 211 Å². The van der Waals surface area contributed by atoms with Gasteiger partial charge in [0.2, 0.25) is 0 Å². The summed E-state index contributed by atoms with van der Waals surface area (Å²) in [5.74, 6) is 0. The van der Waals surface area contributed by atoms with E-state index in [-0.39, 0.29) is 5.41 Å². The van der Waals surface area contributed by atoms with Gasteiger partial charge in [-0.05, 0) is 117 Å². The highest BCUT2D eigenvalue weighted by Crippen LogP contribution is 2.50. The summed E-state index contributed by atoms with van der Waals surface area (Å²) >= 11 is 1.86. The van der Waals surface area contributed by atoms with Crippen LogP contribution in [0.25, 0.3) is 86.6 Å². The van der Waals surface area contributed by atoms with Crippen molar-refractivity contribution in [2.45, 2.75) is 19.3 Å². The van der Waals surface area contributed by atoms with Crippen LogP contribution in [-0.4, -0.2) is 0 Å². The average molecular weight is 786 g/mol. The van der Waals surface area contributed by atoms with E-state index in [9.17, 15) is 0 Å². The Morgan fingerprint density at radius 3 is 1.67 bits per heavy atom. The highest BCUT2D eigenvalue weighted by molar-refractivity contribution is 7.25. The largest absolute Gasteiger partial charge is 0.455 e. The molecule has 1 aliphatic rings. The molecule has 11 aromatic rings. The molecule has 0 amide bonds. The van der Waals surface area contributed by atoms with E-state index in [0.29, 0.717) is 0 Å². The SMILES string of the molecule is CC1(C)c2ccccc2-c2cc(-c3ccc(N(c4ccc(-c5ccc6sc7ccccc7c6c5)cc4)c4ccc(-c5cccc6c5oc5ccccc56)cc4)cc3)ccc21. The Kier molecular flexibility index (Phi) is 7.79. The summed E-state index contributed by atoms with van der Waals surface area (Å²) in [5.41, 5.74) is 17.6. The summed E-state index contributed by atoms with van der Waals surface area (Å²) in [5, 5.41) is 4.91. The third-order valence-corrected chi connectivity index (χ3v) is 13.9. The zero-order valence-electron chi connectivity index (χ0n) is 33.3. The number of fused-ring (bicyclic) bond motifs is 9. The van der Waals surface area contributed by atoms with E-state index in [2.05, 4.69) is 207 Å². The summed E-state index contributed by atoms with van der Waals surface area (Å²) < 4.78 is 9.08. The van der Waals surface area contributed by atoms with Crippen molar-refractivity contribution in [3.8, 4) is 44.5 Å². The molecule has 0 fully saturated rings. The van der Waals surface area contributed by atoms with E-state index < -0.39 is 0 Å². The Bertz CT molecular complexity index is 3440. The minimum Gasteiger partial charge on any atom is -0.455 e. The fourth-order valence-corrected chi connectivity index (χ4v) is 10.7. The number of furan rings is 1. The van der Waals surface area contributed by atoms with Crippen LogP contribution in [0.2, 0.25) is 0 Å². The number of thiophene rings is 1. The van der Waals surface area contributed by atoms with Gasteiger partial charge in [-0.15, -0.1) is 11.3 Å². The molecule has 0 atom stereocenters. The Morgan fingerprint density at radius 2 is 0.917 bits per heavy atom. The molecule has 9 aromatic carbocycles. The second-order valence-corrected chi connectivity index (χ2v) is 17.6. The zero-order chi connectivity index (χ0) is 40.0. The van der Waals surface area contributed by atoms with Gasteiger partial charge in [0.1, 0.15) is 11.2 Å². The first-order valence-electron chi connectivity index (χ1n) is 20.7. The monoisotopic (exact) mass is 785 g/mol. The lowest BCUT2D eigenvalue weighted by molar-refractivity contribution is 0.660. The molecule has 284 valence electrons. The van der Waals surface area contributed by atoms with Crippen LogP contribution < -0.4 is 4.90 Å². The second kappa shape index (κ2) is 13.4. The molecule has 0 saturated heterocycles. The van der Waals surface area contributed by atoms with Crippen LogP contribution in [0, 0.1) is 0 Å². The Balaban J connectivity index is 0.929. The van der Waals surface area contributed by atoms with Gasteiger partial charge in [0.15, 0.2) is 0 Å². The third-order valence-electron chi connectivity index (χ3n) is 12.7. The molecule has 0 radical (unpaired) electrons. The molecule has 0 bridgehead atoms. The number of para-hydroxylation sites is 2. The second-order valence-electron chi connectivity index (χ2n) is 16.5. The summed E-state index contributed by atoms with van der Waals surface area (Å²) in [6.45, 7) is 4.67. The van der Waals surface area contributed by atoms with Crippen LogP contribution >= 0.6 is 11.3 Å². The van der Waals surface area contributed by atoms with Crippen LogP contribution in [0.3, 0.4) is 0 Å². The average Bonchev–Trinajstić information content (AvgIpc) is 3.94. The minimum absolute atomic E-state index is 0.0104. The quantitative estimate of drug-likeness (QED) is 0.167. The molecule has 60 heavy (non-hydrogen) atoms. The molecule has 2 nitrogen and oxygen atoms in total. The van der Waals surface area contributed by atoms with Crippen molar-refractivity contribution >= 4 is 70.5 Å². The highest BCUT2D eigenvalue weighted by atomic mass is 32.1. The minimum atomic E-state index is -0.0104. The van der Waals surface area contributed by atoms with Crippen molar-refractivity contribution in [1.82, 2.24) is 0 Å². The van der Waals surface area contributed by atoms with Gasteiger partial charge in [-0.2, -0.15) is 0 Å². The van der Waals surface area contributed by atoms with E-state index in [4.69, 9.17) is 4.42 Å². The van der Waals surface area contributed by atoms with E-state index in [1.54, 1.807) is 0 Å². The molecule has 3 heteroatoms. The van der Waals surface area contributed by atoms with Crippen LogP contribution in [0.5, 0.6) is 0 Å². The standard InChI is InChI=1S/C57H39NOS/c1-57(2)51-15-6-3-10-45(51)49-34-39(24-32-52(49)57)36-18-26-41(27-19-36)58(42-28-20-37(21-29-42)40-25-33-55-50(35-40)47-12-5-8-17-54(47)60-55)43-30-22-38(23-31-43)44-13-9-14-48-46-11-4-7-16-53(46)59-56(44)48/h3-35H,1-2H3. The van der Waals surface area contributed by atoms with E-state index >= 15 is 0 Å². The van der Waals surface area contributed by atoms with E-state index in [1.807, 2.05) is 23.5 Å². The smallest absolute Gasteiger partial charge is 0.143 e. The first-order chi connectivity index (χ1) is 29.5. The predicted octanol–water partition coefficient (Wildman–Crippen LogP) is 16.7. The van der Waals surface area contributed by atoms with Gasteiger partial charge < -0.3 is 9.32 Å². The number of hydrogen-bond acceptors (Lipinski definition) is 3. The molecule has 0 N–H and O–H groups in total. The van der Waals surface area contributed by atoms with Gasteiger partial charge in [-0.1, -0.05) is 147 Å².